The number of nitrogens with zero attached hydrogens (tertiary/aromatic N) is 4. The van der Waals surface area contributed by atoms with Gasteiger partial charge < -0.3 is 9.64 Å². The van der Waals surface area contributed by atoms with Crippen LogP contribution in [0.15, 0.2) is 66.2 Å². The summed E-state index contributed by atoms with van der Waals surface area (Å²) in [5.74, 6) is -0.238. The van der Waals surface area contributed by atoms with Gasteiger partial charge in [0.1, 0.15) is 11.4 Å². The first-order chi connectivity index (χ1) is 19.4. The molecule has 1 aliphatic heterocycles. The Hall–Kier alpha value is -4.51. The number of piperidine rings is 1. The van der Waals surface area contributed by atoms with Gasteiger partial charge >= 0.3 is 0 Å². The second kappa shape index (κ2) is 12.1. The van der Waals surface area contributed by atoms with Crippen LogP contribution in [0.25, 0.3) is 5.69 Å². The number of hydrazine groups is 1. The fourth-order valence-corrected chi connectivity index (χ4v) is 5.64. The van der Waals surface area contributed by atoms with E-state index in [9.17, 15) is 14.4 Å². The number of nitrogens with one attached hydrogen (secondary N) is 2. The van der Waals surface area contributed by atoms with Crippen molar-refractivity contribution in [2.45, 2.75) is 32.6 Å². The zero-order valence-electron chi connectivity index (χ0n) is 22.3. The van der Waals surface area contributed by atoms with Crippen molar-refractivity contribution in [2.75, 3.05) is 19.7 Å². The van der Waals surface area contributed by atoms with Gasteiger partial charge in [0.05, 0.1) is 34.8 Å². The van der Waals surface area contributed by atoms with Crippen LogP contribution in [0.3, 0.4) is 0 Å². The molecule has 2 aromatic carbocycles. The molecule has 5 rings (SSSR count). The van der Waals surface area contributed by atoms with Gasteiger partial charge in [-0.3, -0.25) is 25.2 Å². The Morgan fingerprint density at radius 3 is 2.52 bits per heavy atom. The Kier molecular flexibility index (Phi) is 8.20. The fourth-order valence-electron chi connectivity index (χ4n) is 4.67. The number of hydrogen-bond donors (Lipinski definition) is 2. The predicted octanol–water partition coefficient (Wildman–Crippen LogP) is 4.13. The molecule has 0 aliphatic carbocycles. The number of carbonyl (C=O) groups is 3. The molecule has 3 amide bonds. The summed E-state index contributed by atoms with van der Waals surface area (Å²) in [5.41, 5.74) is 7.79. The first kappa shape index (κ1) is 27.1. The number of amides is 3. The largest absolute Gasteiger partial charge is 0.494 e. The minimum atomic E-state index is -0.490. The molecule has 1 saturated heterocycles. The molecule has 0 unspecified atom stereocenters. The van der Waals surface area contributed by atoms with Crippen LogP contribution >= 0.6 is 11.3 Å². The minimum Gasteiger partial charge on any atom is -0.494 e. The Balaban J connectivity index is 1.14. The van der Waals surface area contributed by atoms with E-state index in [4.69, 9.17) is 4.74 Å². The molecule has 2 aromatic heterocycles. The Bertz CT molecular complexity index is 1510. The zero-order valence-corrected chi connectivity index (χ0v) is 23.1. The molecular weight excluding hydrogens is 528 g/mol. The highest BCUT2D eigenvalue weighted by molar-refractivity contribution is 7.09. The van der Waals surface area contributed by atoms with E-state index in [-0.39, 0.29) is 17.5 Å². The maximum Gasteiger partial charge on any atom is 0.289 e. The first-order valence-electron chi connectivity index (χ1n) is 13.1. The summed E-state index contributed by atoms with van der Waals surface area (Å²) in [6, 6.07) is 16.5. The van der Waals surface area contributed by atoms with Crippen LogP contribution in [0, 0.1) is 6.92 Å². The van der Waals surface area contributed by atoms with E-state index in [1.54, 1.807) is 40.5 Å². The third kappa shape index (κ3) is 5.89. The van der Waals surface area contributed by atoms with Crippen LogP contribution in [-0.4, -0.2) is 57.1 Å². The molecule has 1 fully saturated rings. The summed E-state index contributed by atoms with van der Waals surface area (Å²) < 4.78 is 7.20. The van der Waals surface area contributed by atoms with Crippen LogP contribution in [0.4, 0.5) is 0 Å². The van der Waals surface area contributed by atoms with E-state index >= 15 is 0 Å². The van der Waals surface area contributed by atoms with Gasteiger partial charge in [-0.1, -0.05) is 24.3 Å². The third-order valence-corrected chi connectivity index (χ3v) is 7.83. The molecule has 0 atom stereocenters. The number of benzene rings is 2. The number of aromatic nitrogens is 3. The quantitative estimate of drug-likeness (QED) is 0.329. The van der Waals surface area contributed by atoms with Crippen molar-refractivity contribution in [3.63, 3.8) is 0 Å². The molecule has 3 heterocycles. The van der Waals surface area contributed by atoms with Gasteiger partial charge in [-0.05, 0) is 57.0 Å². The van der Waals surface area contributed by atoms with Crippen molar-refractivity contribution < 1.29 is 19.1 Å². The molecular formula is C29H30N6O4S. The molecule has 2 N–H and O–H groups in total. The van der Waals surface area contributed by atoms with Gasteiger partial charge in [0, 0.05) is 30.0 Å². The van der Waals surface area contributed by atoms with Gasteiger partial charge in [0.15, 0.2) is 0 Å². The zero-order chi connectivity index (χ0) is 28.1. The highest BCUT2D eigenvalue weighted by Gasteiger charge is 2.28. The second-order valence-corrected chi connectivity index (χ2v) is 10.3. The predicted molar refractivity (Wildman–Crippen MR) is 151 cm³/mol. The lowest BCUT2D eigenvalue weighted by molar-refractivity contribution is 0.0712. The molecule has 0 radical (unpaired) electrons. The molecule has 40 heavy (non-hydrogen) atoms. The highest BCUT2D eigenvalue weighted by atomic mass is 32.1. The van der Waals surface area contributed by atoms with Crippen LogP contribution in [-0.2, 0) is 0 Å². The van der Waals surface area contributed by atoms with Crippen molar-refractivity contribution >= 4 is 29.1 Å². The number of hydrogen-bond acceptors (Lipinski definition) is 7. The van der Waals surface area contributed by atoms with Gasteiger partial charge in [-0.15, -0.1) is 11.3 Å². The summed E-state index contributed by atoms with van der Waals surface area (Å²) in [5, 5.41) is 6.96. The van der Waals surface area contributed by atoms with Crippen LogP contribution in [0.2, 0.25) is 0 Å². The molecule has 0 bridgehead atoms. The average Bonchev–Trinajstić information content (AvgIpc) is 3.64. The molecule has 206 valence electrons. The number of ether oxygens (including phenoxy) is 1. The van der Waals surface area contributed by atoms with Crippen molar-refractivity contribution in [2.24, 2.45) is 0 Å². The lowest BCUT2D eigenvalue weighted by atomic mass is 9.97. The number of thiazole rings is 1. The third-order valence-electron chi connectivity index (χ3n) is 6.82. The van der Waals surface area contributed by atoms with Gasteiger partial charge in [-0.2, -0.15) is 5.10 Å². The number of rotatable bonds is 7. The van der Waals surface area contributed by atoms with E-state index in [0.717, 1.165) is 29.2 Å². The van der Waals surface area contributed by atoms with Gasteiger partial charge in [0.25, 0.3) is 17.7 Å². The summed E-state index contributed by atoms with van der Waals surface area (Å²) >= 11 is 1.41. The molecule has 10 nitrogen and oxygen atoms in total. The molecule has 4 aromatic rings. The van der Waals surface area contributed by atoms with E-state index in [0.29, 0.717) is 36.6 Å². The summed E-state index contributed by atoms with van der Waals surface area (Å²) in [7, 11) is 0. The monoisotopic (exact) mass is 558 g/mol. The van der Waals surface area contributed by atoms with E-state index in [1.807, 2.05) is 49.1 Å². The van der Waals surface area contributed by atoms with Crippen LogP contribution in [0.1, 0.15) is 67.6 Å². The van der Waals surface area contributed by atoms with Crippen LogP contribution in [0.5, 0.6) is 5.75 Å². The Morgan fingerprint density at radius 1 is 1.02 bits per heavy atom. The van der Waals surface area contributed by atoms with E-state index in [1.165, 1.54) is 11.3 Å². The maximum absolute atomic E-state index is 13.2. The molecule has 0 spiro atoms. The normalized spacial score (nSPS) is 13.6. The Labute approximate surface area is 236 Å². The summed E-state index contributed by atoms with van der Waals surface area (Å²) in [6.07, 6.45) is 3.13. The van der Waals surface area contributed by atoms with Gasteiger partial charge in [0.2, 0.25) is 0 Å². The molecule has 11 heteroatoms. The topological polar surface area (TPSA) is 118 Å². The van der Waals surface area contributed by atoms with E-state index in [2.05, 4.69) is 20.9 Å². The lowest BCUT2D eigenvalue weighted by Crippen LogP contribution is -2.41. The van der Waals surface area contributed by atoms with Crippen LogP contribution < -0.4 is 15.6 Å². The second-order valence-electron chi connectivity index (χ2n) is 9.40. The Morgan fingerprint density at radius 2 is 1.77 bits per heavy atom. The molecule has 0 saturated carbocycles. The maximum atomic E-state index is 13.2. The molecule has 1 aliphatic rings. The summed E-state index contributed by atoms with van der Waals surface area (Å²) in [4.78, 5) is 44.7. The fraction of sp³-hybridized carbons (Fsp3) is 0.276. The van der Waals surface area contributed by atoms with Crippen molar-refractivity contribution in [1.82, 2.24) is 30.5 Å². The van der Waals surface area contributed by atoms with Crippen molar-refractivity contribution in [3.05, 3.63) is 93.7 Å². The van der Waals surface area contributed by atoms with E-state index < -0.39 is 11.8 Å². The minimum absolute atomic E-state index is 0.0279. The smallest absolute Gasteiger partial charge is 0.289 e. The highest BCUT2D eigenvalue weighted by Crippen LogP contribution is 2.31. The first-order valence-corrected chi connectivity index (χ1v) is 14.0. The number of para-hydroxylation sites is 1. The standard InChI is InChI=1S/C29H30N6O4S/c1-3-39-23-11-7-8-21(16-23)26(36)32-33-27(37)25-18-40-28(31-25)20-12-14-34(15-13-20)29(38)24-17-30-35(19(24)2)22-9-5-4-6-10-22/h4-11,16-18,20H,3,12-15H2,1-2H3,(H,32,36)(H,33,37). The number of likely N-dealkylation sites (tertiary alicyclic amines) is 1. The SMILES string of the molecule is CCOc1cccc(C(=O)NNC(=O)c2csc(C3CCN(C(=O)c4cnn(-c5ccccc5)c4C)CC3)n2)c1. The number of carbonyl (C=O) groups excluding carboxylic acids is 3. The van der Waals surface area contributed by atoms with Crippen molar-refractivity contribution in [3.8, 4) is 11.4 Å². The summed E-state index contributed by atoms with van der Waals surface area (Å²) in [6.45, 7) is 5.45. The average molecular weight is 559 g/mol. The van der Waals surface area contributed by atoms with Gasteiger partial charge in [-0.25, -0.2) is 9.67 Å². The van der Waals surface area contributed by atoms with Crippen molar-refractivity contribution in [1.29, 1.82) is 0 Å². The lowest BCUT2D eigenvalue weighted by Gasteiger charge is -2.31.